The molecule has 0 fully saturated rings. The lowest BCUT2D eigenvalue weighted by molar-refractivity contribution is -0.130. The number of carbonyl (C=O) groups excluding carboxylic acids is 2. The van der Waals surface area contributed by atoms with Gasteiger partial charge in [0.05, 0.1) is 28.9 Å². The predicted octanol–water partition coefficient (Wildman–Crippen LogP) is 5.94. The quantitative estimate of drug-likeness (QED) is 0.179. The Balaban J connectivity index is 1.19. The molecule has 9 nitrogen and oxygen atoms in total. The Morgan fingerprint density at radius 2 is 1.84 bits per heavy atom. The van der Waals surface area contributed by atoms with Crippen LogP contribution >= 0.6 is 23.1 Å². The lowest BCUT2D eigenvalue weighted by Gasteiger charge is -2.22. The number of nitrogens with zero attached hydrogens (tertiary/aromatic N) is 5. The molecular formula is C33H29FN6O3S2. The van der Waals surface area contributed by atoms with E-state index < -0.39 is 0 Å². The molecule has 1 aliphatic heterocycles. The number of ether oxygens (including phenoxy) is 1. The molecule has 6 rings (SSSR count). The van der Waals surface area contributed by atoms with Crippen LogP contribution in [0.3, 0.4) is 0 Å². The number of halogens is 1. The fourth-order valence-corrected chi connectivity index (χ4v) is 6.44. The third kappa shape index (κ3) is 7.30. The van der Waals surface area contributed by atoms with Crippen molar-refractivity contribution < 1.29 is 18.7 Å². The average Bonchev–Trinajstić information content (AvgIpc) is 3.83. The summed E-state index contributed by atoms with van der Waals surface area (Å²) in [6.07, 6.45) is 0.528. The van der Waals surface area contributed by atoms with E-state index in [0.29, 0.717) is 23.2 Å². The van der Waals surface area contributed by atoms with Crippen LogP contribution in [0.25, 0.3) is 5.69 Å². The van der Waals surface area contributed by atoms with Gasteiger partial charge in [-0.3, -0.25) is 14.2 Å². The zero-order valence-corrected chi connectivity index (χ0v) is 25.9. The van der Waals surface area contributed by atoms with E-state index in [1.807, 2.05) is 71.5 Å². The number of aromatic nitrogens is 3. The molecule has 0 saturated heterocycles. The van der Waals surface area contributed by atoms with Gasteiger partial charge in [0.25, 0.3) is 11.8 Å². The molecule has 228 valence electrons. The van der Waals surface area contributed by atoms with Crippen LogP contribution in [0.1, 0.15) is 34.3 Å². The summed E-state index contributed by atoms with van der Waals surface area (Å²) < 4.78 is 21.1. The van der Waals surface area contributed by atoms with Crippen LogP contribution in [0.2, 0.25) is 0 Å². The Labute approximate surface area is 267 Å². The summed E-state index contributed by atoms with van der Waals surface area (Å²) in [4.78, 5) is 27.2. The normalized spacial score (nSPS) is 14.3. The average molecular weight is 641 g/mol. The van der Waals surface area contributed by atoms with E-state index in [1.54, 1.807) is 35.6 Å². The molecule has 0 unspecified atom stereocenters. The minimum Gasteiger partial charge on any atom is -0.484 e. The van der Waals surface area contributed by atoms with Crippen LogP contribution in [-0.4, -0.2) is 49.7 Å². The van der Waals surface area contributed by atoms with E-state index in [4.69, 9.17) is 9.84 Å². The number of rotatable bonds is 11. The lowest BCUT2D eigenvalue weighted by Crippen LogP contribution is -2.29. The van der Waals surface area contributed by atoms with Gasteiger partial charge in [0.15, 0.2) is 17.6 Å². The lowest BCUT2D eigenvalue weighted by atomic mass is 10.0. The zero-order valence-electron chi connectivity index (χ0n) is 24.3. The van der Waals surface area contributed by atoms with Gasteiger partial charge in [-0.25, -0.2) is 9.40 Å². The van der Waals surface area contributed by atoms with E-state index >= 15 is 0 Å². The fraction of sp³-hybridized carbons (Fsp3) is 0.182. The summed E-state index contributed by atoms with van der Waals surface area (Å²) in [6.45, 7) is 1.95. The summed E-state index contributed by atoms with van der Waals surface area (Å²) in [6, 6.07) is 26.7. The topological polar surface area (TPSA) is 102 Å². The highest BCUT2D eigenvalue weighted by atomic mass is 32.2. The van der Waals surface area contributed by atoms with Gasteiger partial charge < -0.3 is 10.1 Å². The van der Waals surface area contributed by atoms with E-state index in [2.05, 4.69) is 15.5 Å². The molecule has 3 heterocycles. The molecule has 0 aliphatic carbocycles. The Kier molecular flexibility index (Phi) is 9.32. The molecule has 12 heteroatoms. The van der Waals surface area contributed by atoms with Crippen LogP contribution in [0.5, 0.6) is 5.75 Å². The van der Waals surface area contributed by atoms with Crippen LogP contribution in [0.4, 0.5) is 4.39 Å². The van der Waals surface area contributed by atoms with E-state index in [-0.39, 0.29) is 42.6 Å². The van der Waals surface area contributed by atoms with Gasteiger partial charge in [-0.2, -0.15) is 5.10 Å². The molecule has 1 N–H and O–H groups in total. The predicted molar refractivity (Wildman–Crippen MR) is 172 cm³/mol. The molecular weight excluding hydrogens is 612 g/mol. The van der Waals surface area contributed by atoms with Gasteiger partial charge >= 0.3 is 0 Å². The molecule has 2 aromatic heterocycles. The van der Waals surface area contributed by atoms with Gasteiger partial charge in [-0.15, -0.1) is 21.5 Å². The minimum atomic E-state index is -0.352. The molecule has 1 aliphatic rings. The van der Waals surface area contributed by atoms with Crippen LogP contribution < -0.4 is 10.1 Å². The second-order valence-corrected chi connectivity index (χ2v) is 12.2. The highest BCUT2D eigenvalue weighted by molar-refractivity contribution is 7.99. The number of thiophene rings is 1. The number of aryl methyl sites for hydroxylation is 1. The largest absolute Gasteiger partial charge is 0.484 e. The zero-order chi connectivity index (χ0) is 31.2. The van der Waals surface area contributed by atoms with Crippen molar-refractivity contribution >= 4 is 40.6 Å². The van der Waals surface area contributed by atoms with E-state index in [1.165, 1.54) is 28.9 Å². The molecule has 1 atom stereocenters. The highest BCUT2D eigenvalue weighted by Gasteiger charge is 2.33. The number of hydrogen-bond acceptors (Lipinski definition) is 8. The van der Waals surface area contributed by atoms with Crippen molar-refractivity contribution in [3.63, 3.8) is 0 Å². The van der Waals surface area contributed by atoms with Crippen LogP contribution in [0, 0.1) is 12.7 Å². The number of nitrogens with one attached hydrogen (secondary N) is 1. The second kappa shape index (κ2) is 13.9. The molecule has 3 aromatic carbocycles. The molecule has 0 bridgehead atoms. The number of para-hydroxylation sites is 1. The summed E-state index contributed by atoms with van der Waals surface area (Å²) in [5.74, 6) is 0.295. The van der Waals surface area contributed by atoms with Crippen LogP contribution in [0.15, 0.2) is 107 Å². The Morgan fingerprint density at radius 1 is 1.02 bits per heavy atom. The number of carbonyl (C=O) groups is 2. The first-order chi connectivity index (χ1) is 21.9. The Morgan fingerprint density at radius 3 is 2.60 bits per heavy atom. The number of thioether (sulfide) groups is 1. The maximum atomic E-state index is 13.7. The third-order valence-electron chi connectivity index (χ3n) is 7.07. The molecule has 0 saturated carbocycles. The smallest absolute Gasteiger partial charge is 0.258 e. The first-order valence-electron chi connectivity index (χ1n) is 14.2. The second-order valence-electron chi connectivity index (χ2n) is 10.3. The van der Waals surface area contributed by atoms with Gasteiger partial charge in [0, 0.05) is 12.1 Å². The maximum Gasteiger partial charge on any atom is 0.258 e. The van der Waals surface area contributed by atoms with Crippen molar-refractivity contribution in [1.82, 2.24) is 25.1 Å². The first kappa shape index (κ1) is 30.2. The minimum absolute atomic E-state index is 0.0418. The molecule has 45 heavy (non-hydrogen) atoms. The molecule has 5 aromatic rings. The monoisotopic (exact) mass is 640 g/mol. The number of amides is 2. The van der Waals surface area contributed by atoms with E-state index in [0.717, 1.165) is 27.4 Å². The van der Waals surface area contributed by atoms with Crippen molar-refractivity contribution in [2.45, 2.75) is 31.1 Å². The molecule has 0 radical (unpaired) electrons. The van der Waals surface area contributed by atoms with Gasteiger partial charge in [-0.05, 0) is 65.9 Å². The van der Waals surface area contributed by atoms with Crippen LogP contribution in [-0.2, 0) is 16.1 Å². The fourth-order valence-electron chi connectivity index (χ4n) is 4.90. The van der Waals surface area contributed by atoms with Gasteiger partial charge in [-0.1, -0.05) is 60.3 Å². The SMILES string of the molecule is Cc1cccc(-n2c(CNC(=O)COc3ccccc3)nnc2SCC(=O)N2N=C(c3cccs3)C[C@@H]2c2ccc(F)cc2)c1. The van der Waals surface area contributed by atoms with E-state index in [9.17, 15) is 14.0 Å². The first-order valence-corrected chi connectivity index (χ1v) is 16.1. The molecule has 2 amide bonds. The summed E-state index contributed by atoms with van der Waals surface area (Å²) in [7, 11) is 0. The maximum absolute atomic E-state index is 13.7. The number of hydrazone groups is 1. The summed E-state index contributed by atoms with van der Waals surface area (Å²) in [5.41, 5.74) is 3.47. The van der Waals surface area contributed by atoms with Crippen molar-refractivity contribution in [3.05, 3.63) is 124 Å². The van der Waals surface area contributed by atoms with Crippen molar-refractivity contribution in [2.75, 3.05) is 12.4 Å². The Bertz CT molecular complexity index is 1810. The number of hydrogen-bond donors (Lipinski definition) is 1. The third-order valence-corrected chi connectivity index (χ3v) is 8.90. The van der Waals surface area contributed by atoms with Gasteiger partial charge in [0.1, 0.15) is 11.6 Å². The Hall–Kier alpha value is -4.81. The van der Waals surface area contributed by atoms with Crippen molar-refractivity contribution in [2.24, 2.45) is 5.10 Å². The van der Waals surface area contributed by atoms with Crippen molar-refractivity contribution in [1.29, 1.82) is 0 Å². The number of benzene rings is 3. The summed E-state index contributed by atoms with van der Waals surface area (Å²) in [5, 5.41) is 20.3. The van der Waals surface area contributed by atoms with Crippen molar-refractivity contribution in [3.8, 4) is 11.4 Å². The standard InChI is InChI=1S/C33H29FN6O3S2/c1-22-7-5-8-25(17-22)39-30(19-35-31(41)20-43-26-9-3-2-4-10-26)36-37-33(39)45-21-32(42)40-28(23-12-14-24(34)15-13-23)18-27(38-40)29-11-6-16-44-29/h2-17,28H,18-21H2,1H3,(H,35,41)/t28-/m1/s1. The summed E-state index contributed by atoms with van der Waals surface area (Å²) >= 11 is 2.80. The molecule has 0 spiro atoms. The van der Waals surface area contributed by atoms with Gasteiger partial charge in [0.2, 0.25) is 0 Å². The highest BCUT2D eigenvalue weighted by Crippen LogP contribution is 2.35.